The van der Waals surface area contributed by atoms with E-state index < -0.39 is 0 Å². The van der Waals surface area contributed by atoms with Gasteiger partial charge in [-0.1, -0.05) is 52.0 Å². The molecule has 0 atom stereocenters. The molecule has 0 bridgehead atoms. The second kappa shape index (κ2) is 9.12. The Hall–Kier alpha value is -2.82. The van der Waals surface area contributed by atoms with Gasteiger partial charge in [0.1, 0.15) is 18.1 Å². The van der Waals surface area contributed by atoms with Crippen LogP contribution in [0.15, 0.2) is 48.5 Å². The van der Waals surface area contributed by atoms with Gasteiger partial charge >= 0.3 is 0 Å². The van der Waals surface area contributed by atoms with Crippen molar-refractivity contribution in [2.75, 3.05) is 20.2 Å². The first-order valence-corrected chi connectivity index (χ1v) is 10.3. The van der Waals surface area contributed by atoms with Crippen molar-refractivity contribution in [3.8, 4) is 17.1 Å². The lowest BCUT2D eigenvalue weighted by molar-refractivity contribution is -0.132. The van der Waals surface area contributed by atoms with Crippen molar-refractivity contribution in [3.05, 3.63) is 48.5 Å². The average Bonchev–Trinajstić information content (AvgIpc) is 3.05. The van der Waals surface area contributed by atoms with Crippen molar-refractivity contribution in [3.63, 3.8) is 0 Å². The van der Waals surface area contributed by atoms with Gasteiger partial charge in [0.15, 0.2) is 0 Å². The molecular weight excluding hydrogens is 362 g/mol. The molecule has 0 aliphatic carbocycles. The first kappa shape index (κ1) is 20.9. The van der Waals surface area contributed by atoms with E-state index in [9.17, 15) is 4.79 Å². The van der Waals surface area contributed by atoms with Crippen molar-refractivity contribution in [1.29, 1.82) is 0 Å². The van der Waals surface area contributed by atoms with Crippen LogP contribution in [0, 0.1) is 11.8 Å². The number of methoxy groups -OCH3 is 1. The summed E-state index contributed by atoms with van der Waals surface area (Å²) in [4.78, 5) is 20.1. The topological polar surface area (TPSA) is 47.4 Å². The maximum Gasteiger partial charge on any atom is 0.242 e. The van der Waals surface area contributed by atoms with Gasteiger partial charge in [-0.3, -0.25) is 4.79 Å². The molecule has 5 heteroatoms. The number of amides is 1. The molecule has 5 nitrogen and oxygen atoms in total. The Morgan fingerprint density at radius 2 is 1.72 bits per heavy atom. The lowest BCUT2D eigenvalue weighted by Crippen LogP contribution is -2.39. The van der Waals surface area contributed by atoms with Gasteiger partial charge in [-0.05, 0) is 36.1 Å². The minimum Gasteiger partial charge on any atom is -0.497 e. The van der Waals surface area contributed by atoms with Crippen LogP contribution in [0.3, 0.4) is 0 Å². The Balaban J connectivity index is 2.02. The van der Waals surface area contributed by atoms with Crippen LogP contribution in [0.25, 0.3) is 22.4 Å². The number of imidazole rings is 1. The fourth-order valence-electron chi connectivity index (χ4n) is 3.61. The van der Waals surface area contributed by atoms with E-state index in [1.165, 1.54) is 0 Å². The largest absolute Gasteiger partial charge is 0.497 e. The summed E-state index contributed by atoms with van der Waals surface area (Å²) in [5.74, 6) is 2.53. The number of aromatic nitrogens is 2. The summed E-state index contributed by atoms with van der Waals surface area (Å²) in [5, 5.41) is 0. The van der Waals surface area contributed by atoms with E-state index in [1.54, 1.807) is 7.11 Å². The molecule has 0 aliphatic heterocycles. The van der Waals surface area contributed by atoms with Gasteiger partial charge in [0, 0.05) is 18.7 Å². The molecule has 1 aromatic heterocycles. The number of carbonyl (C=O) groups is 1. The third-order valence-electron chi connectivity index (χ3n) is 4.80. The summed E-state index contributed by atoms with van der Waals surface area (Å²) < 4.78 is 7.41. The predicted octanol–water partition coefficient (Wildman–Crippen LogP) is 4.85. The minimum absolute atomic E-state index is 0.125. The fourth-order valence-corrected chi connectivity index (χ4v) is 3.61. The Bertz CT molecular complexity index is 965. The summed E-state index contributed by atoms with van der Waals surface area (Å²) in [7, 11) is 1.65. The number of para-hydroxylation sites is 2. The van der Waals surface area contributed by atoms with E-state index in [4.69, 9.17) is 9.72 Å². The molecule has 1 amide bonds. The van der Waals surface area contributed by atoms with Gasteiger partial charge < -0.3 is 14.2 Å². The number of rotatable bonds is 8. The number of fused-ring (bicyclic) bond motifs is 1. The van der Waals surface area contributed by atoms with Crippen LogP contribution < -0.4 is 4.74 Å². The Morgan fingerprint density at radius 1 is 1.03 bits per heavy atom. The summed E-state index contributed by atoms with van der Waals surface area (Å²) >= 11 is 0. The molecule has 1 heterocycles. The van der Waals surface area contributed by atoms with E-state index in [2.05, 4.69) is 27.7 Å². The Labute approximate surface area is 173 Å². The van der Waals surface area contributed by atoms with Gasteiger partial charge in [-0.25, -0.2) is 4.98 Å². The molecule has 29 heavy (non-hydrogen) atoms. The van der Waals surface area contributed by atoms with E-state index in [-0.39, 0.29) is 12.5 Å². The SMILES string of the molecule is COc1cccc(-c2nc3ccccc3n2CC(=O)N(CC(C)C)CC(C)C)c1. The van der Waals surface area contributed by atoms with Crippen molar-refractivity contribution in [2.24, 2.45) is 11.8 Å². The molecule has 3 aromatic rings. The molecule has 0 fully saturated rings. The maximum absolute atomic E-state index is 13.3. The zero-order chi connectivity index (χ0) is 21.0. The molecule has 0 saturated carbocycles. The lowest BCUT2D eigenvalue weighted by Gasteiger charge is -2.27. The third-order valence-corrected chi connectivity index (χ3v) is 4.80. The summed E-state index contributed by atoms with van der Waals surface area (Å²) in [6.07, 6.45) is 0. The monoisotopic (exact) mass is 393 g/mol. The van der Waals surface area contributed by atoms with Gasteiger partial charge in [0.2, 0.25) is 5.91 Å². The second-order valence-electron chi connectivity index (χ2n) is 8.33. The number of hydrogen-bond donors (Lipinski definition) is 0. The first-order chi connectivity index (χ1) is 13.9. The van der Waals surface area contributed by atoms with Crippen LogP contribution in [-0.2, 0) is 11.3 Å². The van der Waals surface area contributed by atoms with E-state index >= 15 is 0 Å². The van der Waals surface area contributed by atoms with Crippen LogP contribution in [0.1, 0.15) is 27.7 Å². The highest BCUT2D eigenvalue weighted by Gasteiger charge is 2.20. The van der Waals surface area contributed by atoms with Gasteiger partial charge in [-0.15, -0.1) is 0 Å². The average molecular weight is 394 g/mol. The highest BCUT2D eigenvalue weighted by atomic mass is 16.5. The zero-order valence-corrected chi connectivity index (χ0v) is 18.1. The van der Waals surface area contributed by atoms with Crippen molar-refractivity contribution in [2.45, 2.75) is 34.2 Å². The minimum atomic E-state index is 0.125. The standard InChI is InChI=1S/C24H31N3O2/c1-17(2)14-26(15-18(3)4)23(28)16-27-22-12-7-6-11-21(22)25-24(27)19-9-8-10-20(13-19)29-5/h6-13,17-18H,14-16H2,1-5H3. The number of nitrogens with zero attached hydrogens (tertiary/aromatic N) is 3. The quantitative estimate of drug-likeness (QED) is 0.549. The summed E-state index contributed by atoms with van der Waals surface area (Å²) in [5.41, 5.74) is 2.79. The predicted molar refractivity (Wildman–Crippen MR) is 118 cm³/mol. The normalized spacial score (nSPS) is 11.4. The van der Waals surface area contributed by atoms with Crippen LogP contribution >= 0.6 is 0 Å². The number of carbonyl (C=O) groups excluding carboxylic acids is 1. The number of ether oxygens (including phenoxy) is 1. The summed E-state index contributed by atoms with van der Waals surface area (Å²) in [6.45, 7) is 10.4. The molecule has 0 aliphatic rings. The Kier molecular flexibility index (Phi) is 6.57. The number of benzene rings is 2. The second-order valence-corrected chi connectivity index (χ2v) is 8.33. The maximum atomic E-state index is 13.3. The zero-order valence-electron chi connectivity index (χ0n) is 18.1. The van der Waals surface area contributed by atoms with E-state index in [0.29, 0.717) is 11.8 Å². The first-order valence-electron chi connectivity index (χ1n) is 10.3. The number of hydrogen-bond acceptors (Lipinski definition) is 3. The smallest absolute Gasteiger partial charge is 0.242 e. The third kappa shape index (κ3) is 4.97. The van der Waals surface area contributed by atoms with Gasteiger partial charge in [0.25, 0.3) is 0 Å². The van der Waals surface area contributed by atoms with Crippen LogP contribution in [0.4, 0.5) is 0 Å². The summed E-state index contributed by atoms with van der Waals surface area (Å²) in [6, 6.07) is 15.8. The van der Waals surface area contributed by atoms with Crippen molar-refractivity contribution < 1.29 is 9.53 Å². The molecule has 3 rings (SSSR count). The van der Waals surface area contributed by atoms with Gasteiger partial charge in [-0.2, -0.15) is 0 Å². The highest BCUT2D eigenvalue weighted by Crippen LogP contribution is 2.27. The highest BCUT2D eigenvalue weighted by molar-refractivity contribution is 5.84. The van der Waals surface area contributed by atoms with E-state index in [0.717, 1.165) is 41.3 Å². The molecule has 0 N–H and O–H groups in total. The van der Waals surface area contributed by atoms with E-state index in [1.807, 2.05) is 58.0 Å². The molecule has 154 valence electrons. The molecule has 0 radical (unpaired) electrons. The molecule has 2 aromatic carbocycles. The van der Waals surface area contributed by atoms with Crippen molar-refractivity contribution in [1.82, 2.24) is 14.5 Å². The Morgan fingerprint density at radius 3 is 2.38 bits per heavy atom. The molecule has 0 unspecified atom stereocenters. The fraction of sp³-hybridized carbons (Fsp3) is 0.417. The van der Waals surface area contributed by atoms with Gasteiger partial charge in [0.05, 0.1) is 18.1 Å². The van der Waals surface area contributed by atoms with Crippen molar-refractivity contribution >= 4 is 16.9 Å². The van der Waals surface area contributed by atoms with Crippen LogP contribution in [0.2, 0.25) is 0 Å². The molecular formula is C24H31N3O2. The van der Waals surface area contributed by atoms with Crippen LogP contribution in [-0.4, -0.2) is 40.6 Å². The molecule has 0 spiro atoms. The van der Waals surface area contributed by atoms with Crippen LogP contribution in [0.5, 0.6) is 5.75 Å². The lowest BCUT2D eigenvalue weighted by atomic mass is 10.1. The molecule has 0 saturated heterocycles.